The summed E-state index contributed by atoms with van der Waals surface area (Å²) in [4.78, 5) is 28.4. The first-order chi connectivity index (χ1) is 43.5. The van der Waals surface area contributed by atoms with Crippen LogP contribution in [0.5, 0.6) is 0 Å². The normalized spacial score (nSPS) is 14.1. The molecule has 502 valence electrons. The van der Waals surface area contributed by atoms with Crippen molar-refractivity contribution in [3.63, 3.8) is 0 Å². The Labute approximate surface area is 564 Å². The summed E-state index contributed by atoms with van der Waals surface area (Å²) in [6.45, 7) is 14.4. The number of ether oxygens (including phenoxy) is 3. The Morgan fingerprint density at radius 3 is 1.49 bits per heavy atom. The molecule has 9 heterocycles. The number of nitrogens with zero attached hydrogens (tertiary/aromatic N) is 8. The zero-order valence-electron chi connectivity index (χ0n) is 52.4. The molecular formula is C62H97Cl2N19O4S4. The van der Waals surface area contributed by atoms with E-state index in [-0.39, 0.29) is 18.6 Å². The topological polar surface area (TPSA) is 439 Å². The van der Waals surface area contributed by atoms with Crippen molar-refractivity contribution in [2.75, 3.05) is 59.2 Å². The molecule has 3 fully saturated rings. The number of thiazole rings is 4. The molecular weight excluding hydrogens is 1270 g/mol. The SMILES string of the molecule is Cc1ncsc1CN.Cc1nnc(CN)o1.Cl.N.NCC1CCCO1.NCC1CCOC1.NCC1CCOCC1.NCCc1ccccc1.NCc1cnc(-c2ccccc2)s1.NCc1cnc(Cl)s1.NCc1cncnc1.NCc1scnc1-c1ccccc1. The van der Waals surface area contributed by atoms with E-state index >= 15 is 0 Å². The van der Waals surface area contributed by atoms with E-state index in [1.807, 2.05) is 90.9 Å². The molecule has 29 heteroatoms. The van der Waals surface area contributed by atoms with Gasteiger partial charge in [-0.2, -0.15) is 0 Å². The fraction of sp³-hybridized carbons (Fsp3) is 0.419. The average Bonchev–Trinajstić information content (AvgIpc) is 2.87. The van der Waals surface area contributed by atoms with E-state index in [0.29, 0.717) is 74.1 Å². The van der Waals surface area contributed by atoms with Gasteiger partial charge in [-0.1, -0.05) is 103 Å². The van der Waals surface area contributed by atoms with Crippen molar-refractivity contribution in [1.82, 2.24) is 46.3 Å². The van der Waals surface area contributed by atoms with Crippen LogP contribution < -0.4 is 63.5 Å². The Balaban J connectivity index is 0.000000508. The minimum absolute atomic E-state index is 0. The maximum atomic E-state index is 5.60. The minimum Gasteiger partial charge on any atom is -0.424 e. The highest BCUT2D eigenvalue weighted by molar-refractivity contribution is 7.15. The zero-order valence-corrected chi connectivity index (χ0v) is 57.2. The third-order valence-corrected chi connectivity index (χ3v) is 16.6. The fourth-order valence-electron chi connectivity index (χ4n) is 7.51. The molecule has 0 amide bonds. The number of aromatic nitrogens is 8. The predicted molar refractivity (Wildman–Crippen MR) is 378 cm³/mol. The van der Waals surface area contributed by atoms with Crippen LogP contribution in [0.25, 0.3) is 21.8 Å². The van der Waals surface area contributed by atoms with Gasteiger partial charge in [0.05, 0.1) is 41.7 Å². The van der Waals surface area contributed by atoms with E-state index in [2.05, 4.69) is 64.4 Å². The fourth-order valence-corrected chi connectivity index (χ4v) is 10.5. The molecule has 2 atom stereocenters. The van der Waals surface area contributed by atoms with Crippen LogP contribution in [0.4, 0.5) is 0 Å². The van der Waals surface area contributed by atoms with E-state index < -0.39 is 0 Å². The van der Waals surface area contributed by atoms with Crippen molar-refractivity contribution < 1.29 is 18.6 Å². The quantitative estimate of drug-likeness (QED) is 0.0513. The van der Waals surface area contributed by atoms with Gasteiger partial charge in [0, 0.05) is 134 Å². The van der Waals surface area contributed by atoms with Crippen molar-refractivity contribution >= 4 is 69.4 Å². The molecule has 2 unspecified atom stereocenters. The Morgan fingerprint density at radius 1 is 0.538 bits per heavy atom. The third kappa shape index (κ3) is 37.0. The van der Waals surface area contributed by atoms with Crippen LogP contribution in [0.3, 0.4) is 0 Å². The smallest absolute Gasteiger partial charge is 0.230 e. The van der Waals surface area contributed by atoms with Crippen LogP contribution in [-0.2, 0) is 59.9 Å². The largest absolute Gasteiger partial charge is 0.424 e. The summed E-state index contributed by atoms with van der Waals surface area (Å²) in [7, 11) is 0. The lowest BCUT2D eigenvalue weighted by molar-refractivity contribution is 0.0688. The van der Waals surface area contributed by atoms with E-state index in [1.165, 1.54) is 34.5 Å². The number of benzene rings is 3. The Bertz CT molecular complexity index is 2990. The standard InChI is InChI=1S/2C10H10N2S.C8H11N.C6H13NO.C5H7N3.C5H8N2S.2C5H11NO.C4H5ClN2S.C4H7N3O.ClH.H3N/c11-6-9-10(12-7-13-9)8-4-2-1-3-5-8;11-6-9-7-12-10(13-9)8-4-2-1-3-5-8;9-7-6-8-4-2-1-3-5-8;7-5-6-1-3-8-4-2-6;6-1-5-2-7-4-8-3-5;1-4-5(2-6)8-3-7-4;6-3-5-1-2-7-4-5;6-4-5-2-1-3-7-5;5-4-7-2-3(1-6)8-4;1-3-6-7-4(2-5)8-3;;/h2*1-5,7H,6,11H2;1-5H,6-7,9H2;6H,1-5,7H2;2-4H,1,6H2;3H,2,6H2,1H3;2*5H,1-4,6H2;2H,1,6H2;2,5H2,1H3;1H;1H3. The molecule has 0 radical (unpaired) electrons. The number of rotatable bonds is 13. The molecule has 0 aliphatic carbocycles. The summed E-state index contributed by atoms with van der Waals surface area (Å²) >= 11 is 11.8. The molecule has 23 nitrogen and oxygen atoms in total. The molecule has 0 spiro atoms. The number of hydrogen-bond donors (Lipinski definition) is 11. The summed E-state index contributed by atoms with van der Waals surface area (Å²) in [5.41, 5.74) is 64.0. The van der Waals surface area contributed by atoms with Crippen LogP contribution in [0, 0.1) is 25.7 Å². The zero-order chi connectivity index (χ0) is 64.5. The highest BCUT2D eigenvalue weighted by Gasteiger charge is 2.13. The molecule has 12 rings (SSSR count). The van der Waals surface area contributed by atoms with Gasteiger partial charge in [-0.25, -0.2) is 29.9 Å². The summed E-state index contributed by atoms with van der Waals surface area (Å²) < 4.78 is 20.8. The highest BCUT2D eigenvalue weighted by atomic mass is 35.5. The summed E-state index contributed by atoms with van der Waals surface area (Å²) in [6.07, 6.45) is 15.6. The van der Waals surface area contributed by atoms with Gasteiger partial charge in [0.1, 0.15) is 11.3 Å². The first kappa shape index (κ1) is 83.4. The highest BCUT2D eigenvalue weighted by Crippen LogP contribution is 2.25. The molecule has 6 aromatic heterocycles. The van der Waals surface area contributed by atoms with Crippen molar-refractivity contribution in [1.29, 1.82) is 0 Å². The van der Waals surface area contributed by atoms with E-state index in [1.54, 1.807) is 59.5 Å². The van der Waals surface area contributed by atoms with Crippen molar-refractivity contribution in [3.05, 3.63) is 186 Å². The predicted octanol–water partition coefficient (Wildman–Crippen LogP) is 8.72. The molecule has 3 aromatic carbocycles. The molecule has 91 heavy (non-hydrogen) atoms. The lowest BCUT2D eigenvalue weighted by Gasteiger charge is -2.19. The van der Waals surface area contributed by atoms with Crippen molar-refractivity contribution in [2.24, 2.45) is 69.2 Å². The molecule has 3 aliphatic heterocycles. The molecule has 3 aliphatic rings. The van der Waals surface area contributed by atoms with Crippen molar-refractivity contribution in [2.45, 2.75) is 97.7 Å². The number of aryl methyl sites for hydroxylation is 2. The molecule has 9 aromatic rings. The van der Waals surface area contributed by atoms with E-state index in [9.17, 15) is 0 Å². The second-order valence-corrected chi connectivity index (χ2v) is 24.0. The van der Waals surface area contributed by atoms with Gasteiger partial charge in [-0.3, -0.25) is 0 Å². The van der Waals surface area contributed by atoms with Crippen LogP contribution in [0.15, 0.2) is 138 Å². The number of nitrogens with two attached hydrogens (primary N) is 10. The molecule has 3 saturated heterocycles. The van der Waals surface area contributed by atoms with Crippen LogP contribution in [-0.4, -0.2) is 105 Å². The van der Waals surface area contributed by atoms with Crippen molar-refractivity contribution in [3.8, 4) is 21.8 Å². The Hall–Kier alpha value is -5.58. The van der Waals surface area contributed by atoms with Gasteiger partial charge in [-0.05, 0) is 82.5 Å². The van der Waals surface area contributed by atoms with Gasteiger partial charge in [0.25, 0.3) is 0 Å². The van der Waals surface area contributed by atoms with Gasteiger partial charge in [0.2, 0.25) is 11.8 Å². The van der Waals surface area contributed by atoms with Crippen LogP contribution in [0.2, 0.25) is 4.47 Å². The first-order valence-electron chi connectivity index (χ1n) is 29.3. The summed E-state index contributed by atoms with van der Waals surface area (Å²) in [6, 6.07) is 30.5. The second-order valence-electron chi connectivity index (χ2n) is 19.3. The lowest BCUT2D eigenvalue weighted by Crippen LogP contribution is -2.22. The number of hydrogen-bond acceptors (Lipinski definition) is 27. The second kappa shape index (κ2) is 53.9. The molecule has 0 bridgehead atoms. The van der Waals surface area contributed by atoms with E-state index in [0.717, 1.165) is 138 Å². The first-order valence-corrected chi connectivity index (χ1v) is 33.1. The number of halogens is 2. The van der Waals surface area contributed by atoms with Gasteiger partial charge >= 0.3 is 0 Å². The van der Waals surface area contributed by atoms with E-state index in [4.69, 9.17) is 87.6 Å². The lowest BCUT2D eigenvalue weighted by atomic mass is 10.0. The molecule has 23 N–H and O–H groups in total. The average molecular weight is 1370 g/mol. The summed E-state index contributed by atoms with van der Waals surface area (Å²) in [5.74, 6) is 2.44. The van der Waals surface area contributed by atoms with Gasteiger partial charge in [0.15, 0.2) is 4.47 Å². The maximum absolute atomic E-state index is 5.60. The van der Waals surface area contributed by atoms with Gasteiger partial charge < -0.3 is 82.1 Å². The van der Waals surface area contributed by atoms with Crippen LogP contribution >= 0.6 is 69.4 Å². The molecule has 0 saturated carbocycles. The maximum Gasteiger partial charge on any atom is 0.230 e. The third-order valence-electron chi connectivity index (χ3n) is 12.6. The Morgan fingerprint density at radius 2 is 1.11 bits per heavy atom. The van der Waals surface area contributed by atoms with Crippen LogP contribution in [0.1, 0.15) is 80.2 Å². The Kier molecular flexibility index (Phi) is 49.4. The monoisotopic (exact) mass is 1370 g/mol. The summed E-state index contributed by atoms with van der Waals surface area (Å²) in [5, 5.41) is 8.23. The van der Waals surface area contributed by atoms with Gasteiger partial charge in [-0.15, -0.1) is 68.0 Å². The minimum atomic E-state index is 0.